The fraction of sp³-hybridized carbons (Fsp3) is 0.500. The second-order valence-corrected chi connectivity index (χ2v) is 6.99. The smallest absolute Gasteiger partial charge is 0.416 e. The number of nitrogens with zero attached hydrogens (tertiary/aromatic N) is 1. The van der Waals surface area contributed by atoms with Crippen molar-refractivity contribution in [1.82, 2.24) is 4.90 Å². The summed E-state index contributed by atoms with van der Waals surface area (Å²) in [6, 6.07) is 4.92. The van der Waals surface area contributed by atoms with Crippen LogP contribution in [-0.2, 0) is 10.9 Å². The minimum absolute atomic E-state index is 0.0391. The van der Waals surface area contributed by atoms with Crippen molar-refractivity contribution < 1.29 is 22.7 Å². The molecule has 3 nitrogen and oxygen atoms in total. The SMILES string of the molecule is C=C[C@H]1CC(c2ccc(C(F)(F)F)cc2)CN1C(=O)OC(C)(C)C. The first-order chi connectivity index (χ1) is 11.0. The molecule has 1 heterocycles. The molecule has 1 aliphatic rings. The highest BCUT2D eigenvalue weighted by atomic mass is 19.4. The monoisotopic (exact) mass is 341 g/mol. The van der Waals surface area contributed by atoms with Gasteiger partial charge in [-0.15, -0.1) is 6.58 Å². The quantitative estimate of drug-likeness (QED) is 0.710. The van der Waals surface area contributed by atoms with Crippen molar-refractivity contribution in [3.8, 4) is 0 Å². The number of amides is 1. The predicted molar refractivity (Wildman–Crippen MR) is 85.7 cm³/mol. The lowest BCUT2D eigenvalue weighted by Crippen LogP contribution is -2.39. The Balaban J connectivity index is 2.13. The molecule has 6 heteroatoms. The number of carbonyl (C=O) groups excluding carboxylic acids is 1. The van der Waals surface area contributed by atoms with Crippen LogP contribution in [0.1, 0.15) is 44.2 Å². The molecule has 2 rings (SSSR count). The third kappa shape index (κ3) is 4.30. The number of benzene rings is 1. The molecule has 1 unspecified atom stereocenters. The number of halogens is 3. The minimum Gasteiger partial charge on any atom is -0.444 e. The topological polar surface area (TPSA) is 29.5 Å². The number of ether oxygens (including phenoxy) is 1. The molecule has 1 amide bonds. The van der Waals surface area contributed by atoms with Crippen LogP contribution >= 0.6 is 0 Å². The summed E-state index contributed by atoms with van der Waals surface area (Å²) in [6.07, 6.45) is -2.48. The van der Waals surface area contributed by atoms with E-state index in [4.69, 9.17) is 4.74 Å². The minimum atomic E-state index is -4.35. The predicted octanol–water partition coefficient (Wildman–Crippen LogP) is 4.98. The van der Waals surface area contributed by atoms with Gasteiger partial charge in [-0.25, -0.2) is 4.79 Å². The van der Waals surface area contributed by atoms with Crippen molar-refractivity contribution in [3.05, 3.63) is 48.0 Å². The van der Waals surface area contributed by atoms with Crippen LogP contribution in [0.4, 0.5) is 18.0 Å². The third-order valence-corrected chi connectivity index (χ3v) is 3.95. The Morgan fingerprint density at radius 3 is 2.29 bits per heavy atom. The highest BCUT2D eigenvalue weighted by molar-refractivity contribution is 5.69. The third-order valence-electron chi connectivity index (χ3n) is 3.95. The molecule has 0 bridgehead atoms. The van der Waals surface area contributed by atoms with Gasteiger partial charge in [0.1, 0.15) is 5.60 Å². The number of likely N-dealkylation sites (tertiary alicyclic amines) is 1. The van der Waals surface area contributed by atoms with E-state index >= 15 is 0 Å². The molecule has 0 saturated carbocycles. The summed E-state index contributed by atoms with van der Waals surface area (Å²) in [4.78, 5) is 13.9. The molecule has 132 valence electrons. The van der Waals surface area contributed by atoms with Crippen molar-refractivity contribution in [3.63, 3.8) is 0 Å². The molecular formula is C18H22F3NO2. The van der Waals surface area contributed by atoms with Crippen LogP contribution in [0.5, 0.6) is 0 Å². The molecule has 1 aromatic carbocycles. The first-order valence-electron chi connectivity index (χ1n) is 7.80. The average Bonchev–Trinajstić information content (AvgIpc) is 2.89. The van der Waals surface area contributed by atoms with Crippen LogP contribution in [0.15, 0.2) is 36.9 Å². The van der Waals surface area contributed by atoms with Gasteiger partial charge in [0.05, 0.1) is 11.6 Å². The molecular weight excluding hydrogens is 319 g/mol. The molecule has 1 aliphatic heterocycles. The van der Waals surface area contributed by atoms with Crippen LogP contribution in [0.2, 0.25) is 0 Å². The summed E-state index contributed by atoms with van der Waals surface area (Å²) in [7, 11) is 0. The lowest BCUT2D eigenvalue weighted by Gasteiger charge is -2.27. The van der Waals surface area contributed by atoms with E-state index in [1.807, 2.05) is 0 Å². The summed E-state index contributed by atoms with van der Waals surface area (Å²) in [5.74, 6) is -0.0391. The lowest BCUT2D eigenvalue weighted by molar-refractivity contribution is -0.137. The Bertz CT molecular complexity index is 602. The number of carbonyl (C=O) groups is 1. The van der Waals surface area contributed by atoms with Crippen molar-refractivity contribution in [2.24, 2.45) is 0 Å². The number of hydrogen-bond donors (Lipinski definition) is 0. The van der Waals surface area contributed by atoms with E-state index in [9.17, 15) is 18.0 Å². The summed E-state index contributed by atoms with van der Waals surface area (Å²) >= 11 is 0. The van der Waals surface area contributed by atoms with Gasteiger partial charge in [-0.1, -0.05) is 18.2 Å². The Morgan fingerprint density at radius 1 is 1.25 bits per heavy atom. The summed E-state index contributed by atoms with van der Waals surface area (Å²) in [6.45, 7) is 9.51. The van der Waals surface area contributed by atoms with Gasteiger partial charge in [0.25, 0.3) is 0 Å². The van der Waals surface area contributed by atoms with Gasteiger partial charge in [-0.2, -0.15) is 13.2 Å². The molecule has 1 saturated heterocycles. The fourth-order valence-corrected chi connectivity index (χ4v) is 2.81. The summed E-state index contributed by atoms with van der Waals surface area (Å²) in [5, 5.41) is 0. The highest BCUT2D eigenvalue weighted by Gasteiger charge is 2.37. The second-order valence-electron chi connectivity index (χ2n) is 6.99. The van der Waals surface area contributed by atoms with Crippen molar-refractivity contribution >= 4 is 6.09 Å². The molecule has 0 aliphatic carbocycles. The maximum atomic E-state index is 12.7. The van der Waals surface area contributed by atoms with Crippen LogP contribution in [0.3, 0.4) is 0 Å². The van der Waals surface area contributed by atoms with E-state index in [1.54, 1.807) is 31.7 Å². The van der Waals surface area contributed by atoms with Gasteiger partial charge in [-0.05, 0) is 44.9 Å². The molecule has 0 N–H and O–H groups in total. The zero-order valence-electron chi connectivity index (χ0n) is 14.1. The lowest BCUT2D eigenvalue weighted by atomic mass is 9.95. The van der Waals surface area contributed by atoms with Crippen LogP contribution < -0.4 is 0 Å². The van der Waals surface area contributed by atoms with E-state index in [0.717, 1.165) is 17.7 Å². The molecule has 2 atom stereocenters. The molecule has 0 aromatic heterocycles. The van der Waals surface area contributed by atoms with E-state index in [0.29, 0.717) is 13.0 Å². The number of hydrogen-bond acceptors (Lipinski definition) is 2. The van der Waals surface area contributed by atoms with E-state index in [1.165, 1.54) is 12.1 Å². The molecule has 0 spiro atoms. The Kier molecular flexibility index (Phi) is 4.97. The Labute approximate surface area is 140 Å². The second kappa shape index (κ2) is 6.49. The zero-order chi connectivity index (χ0) is 18.1. The normalized spacial score (nSPS) is 21.7. The maximum Gasteiger partial charge on any atom is 0.416 e. The number of rotatable bonds is 2. The number of alkyl halides is 3. The highest BCUT2D eigenvalue weighted by Crippen LogP contribution is 2.35. The zero-order valence-corrected chi connectivity index (χ0v) is 14.1. The van der Waals surface area contributed by atoms with E-state index in [-0.39, 0.29) is 12.0 Å². The largest absolute Gasteiger partial charge is 0.444 e. The Morgan fingerprint density at radius 2 is 1.83 bits per heavy atom. The Hall–Kier alpha value is -1.98. The van der Waals surface area contributed by atoms with Gasteiger partial charge in [0.15, 0.2) is 0 Å². The van der Waals surface area contributed by atoms with Gasteiger partial charge in [-0.3, -0.25) is 0 Å². The average molecular weight is 341 g/mol. The van der Waals surface area contributed by atoms with Crippen molar-refractivity contribution in [1.29, 1.82) is 0 Å². The van der Waals surface area contributed by atoms with Crippen LogP contribution in [-0.4, -0.2) is 29.2 Å². The fourth-order valence-electron chi connectivity index (χ4n) is 2.81. The van der Waals surface area contributed by atoms with Gasteiger partial charge < -0.3 is 9.64 Å². The van der Waals surface area contributed by atoms with Crippen molar-refractivity contribution in [2.75, 3.05) is 6.54 Å². The first kappa shape index (κ1) is 18.4. The standard InChI is InChI=1S/C18H22F3NO2/c1-5-15-10-13(11-22(15)16(23)24-17(2,3)4)12-6-8-14(9-7-12)18(19,20)21/h5-9,13,15H,1,10-11H2,2-4H3/t13?,15-/m0/s1. The molecule has 24 heavy (non-hydrogen) atoms. The summed E-state index contributed by atoms with van der Waals surface area (Å²) in [5.41, 5.74) is -0.496. The van der Waals surface area contributed by atoms with Crippen LogP contribution in [0.25, 0.3) is 0 Å². The van der Waals surface area contributed by atoms with Crippen LogP contribution in [0, 0.1) is 0 Å². The maximum absolute atomic E-state index is 12.7. The first-order valence-corrected chi connectivity index (χ1v) is 7.80. The van der Waals surface area contributed by atoms with Gasteiger partial charge in [0, 0.05) is 12.5 Å². The van der Waals surface area contributed by atoms with Crippen molar-refractivity contribution in [2.45, 2.75) is 50.9 Å². The molecule has 1 aromatic rings. The van der Waals surface area contributed by atoms with E-state index in [2.05, 4.69) is 6.58 Å². The van der Waals surface area contributed by atoms with Gasteiger partial charge >= 0.3 is 12.3 Å². The van der Waals surface area contributed by atoms with E-state index < -0.39 is 23.4 Å². The molecule has 0 radical (unpaired) electrons. The summed E-state index contributed by atoms with van der Waals surface area (Å²) < 4.78 is 43.4. The van der Waals surface area contributed by atoms with Gasteiger partial charge in [0.2, 0.25) is 0 Å². The molecule has 1 fully saturated rings.